The van der Waals surface area contributed by atoms with Gasteiger partial charge in [0.15, 0.2) is 0 Å². The van der Waals surface area contributed by atoms with Crippen LogP contribution in [-0.4, -0.2) is 30.4 Å². The lowest BCUT2D eigenvalue weighted by molar-refractivity contribution is -0.143. The fraction of sp³-hybridized carbons (Fsp3) is 0.588. The molecule has 1 aromatic rings. The fourth-order valence-corrected chi connectivity index (χ4v) is 3.74. The summed E-state index contributed by atoms with van der Waals surface area (Å²) in [6, 6.07) is 1.47. The van der Waals surface area contributed by atoms with E-state index in [-0.39, 0.29) is 24.1 Å². The molecule has 1 unspecified atom stereocenters. The zero-order valence-corrected chi connectivity index (χ0v) is 13.8. The minimum Gasteiger partial charge on any atom is -0.338 e. The van der Waals surface area contributed by atoms with Gasteiger partial charge in [-0.15, -0.1) is 0 Å². The van der Waals surface area contributed by atoms with E-state index in [2.05, 4.69) is 5.32 Å². The van der Waals surface area contributed by atoms with Gasteiger partial charge >= 0.3 is 12.4 Å². The lowest BCUT2D eigenvalue weighted by atomic mass is 9.79. The average Bonchev–Trinajstić information content (AvgIpc) is 2.83. The number of carbonyl (C=O) groups is 1. The third-order valence-electron chi connectivity index (χ3n) is 5.09. The van der Waals surface area contributed by atoms with E-state index in [4.69, 9.17) is 0 Å². The summed E-state index contributed by atoms with van der Waals surface area (Å²) in [5.41, 5.74) is -3.46. The minimum absolute atomic E-state index is 0.0991. The number of likely N-dealkylation sites (tertiary alicyclic amines) is 1. The zero-order valence-electron chi connectivity index (χ0n) is 13.8. The number of alkyl halides is 6. The molecule has 3 rings (SSSR count). The van der Waals surface area contributed by atoms with Crippen molar-refractivity contribution in [3.8, 4) is 0 Å². The van der Waals surface area contributed by atoms with Crippen LogP contribution in [0.25, 0.3) is 0 Å². The first-order valence-corrected chi connectivity index (χ1v) is 8.30. The number of nitrogens with one attached hydrogen (secondary N) is 1. The predicted octanol–water partition coefficient (Wildman–Crippen LogP) is 3.83. The Bertz CT molecular complexity index is 659. The van der Waals surface area contributed by atoms with E-state index in [9.17, 15) is 31.1 Å². The fourth-order valence-electron chi connectivity index (χ4n) is 3.74. The first-order chi connectivity index (χ1) is 12.0. The second kappa shape index (κ2) is 6.44. The van der Waals surface area contributed by atoms with E-state index >= 15 is 0 Å². The Morgan fingerprint density at radius 1 is 1.00 bits per heavy atom. The Kier molecular flexibility index (Phi) is 4.71. The number of hydrogen-bond acceptors (Lipinski definition) is 2. The van der Waals surface area contributed by atoms with Crippen LogP contribution in [-0.2, 0) is 23.7 Å². The number of hydrogen-bond donors (Lipinski definition) is 1. The summed E-state index contributed by atoms with van der Waals surface area (Å²) in [6.45, 7) is 1.38. The maximum atomic E-state index is 13.0. The lowest BCUT2D eigenvalue weighted by Gasteiger charge is -2.32. The number of carbonyl (C=O) groups excluding carboxylic acids is 1. The summed E-state index contributed by atoms with van der Waals surface area (Å²) in [5, 5.41) is 3.15. The highest BCUT2D eigenvalue weighted by Crippen LogP contribution is 2.40. The Morgan fingerprint density at radius 3 is 2.12 bits per heavy atom. The molecule has 2 aliphatic heterocycles. The molecule has 1 amide bonds. The zero-order chi connectivity index (χ0) is 19.2. The first-order valence-electron chi connectivity index (χ1n) is 8.30. The number of nitrogens with zero attached hydrogens (tertiary/aromatic N) is 1. The third kappa shape index (κ3) is 3.67. The summed E-state index contributed by atoms with van der Waals surface area (Å²) in [6.07, 6.45) is -7.71. The van der Waals surface area contributed by atoms with Gasteiger partial charge in [-0.2, -0.15) is 26.3 Å². The summed E-state index contributed by atoms with van der Waals surface area (Å²) < 4.78 is 77.7. The van der Waals surface area contributed by atoms with Crippen LogP contribution >= 0.6 is 0 Å². The third-order valence-corrected chi connectivity index (χ3v) is 5.09. The quantitative estimate of drug-likeness (QED) is 0.791. The average molecular weight is 380 g/mol. The van der Waals surface area contributed by atoms with Crippen LogP contribution in [0.1, 0.15) is 36.0 Å². The Hall–Kier alpha value is -1.77. The number of benzene rings is 1. The van der Waals surface area contributed by atoms with E-state index in [1.54, 1.807) is 0 Å². The molecule has 9 heteroatoms. The van der Waals surface area contributed by atoms with Crippen molar-refractivity contribution in [2.24, 2.45) is 5.41 Å². The monoisotopic (exact) mass is 380 g/mol. The Morgan fingerprint density at radius 2 is 1.62 bits per heavy atom. The largest absolute Gasteiger partial charge is 0.416 e. The molecular weight excluding hydrogens is 362 g/mol. The van der Waals surface area contributed by atoms with Gasteiger partial charge in [0, 0.05) is 19.6 Å². The van der Waals surface area contributed by atoms with Gasteiger partial charge in [-0.3, -0.25) is 4.79 Å². The van der Waals surface area contributed by atoms with Crippen molar-refractivity contribution in [2.45, 2.75) is 38.2 Å². The van der Waals surface area contributed by atoms with Gasteiger partial charge in [-0.05, 0) is 49.6 Å². The summed E-state index contributed by atoms with van der Waals surface area (Å²) in [4.78, 5) is 14.1. The topological polar surface area (TPSA) is 32.3 Å². The molecule has 1 aromatic carbocycles. The first kappa shape index (κ1) is 19.0. The van der Waals surface area contributed by atoms with Crippen molar-refractivity contribution in [1.29, 1.82) is 0 Å². The van der Waals surface area contributed by atoms with Gasteiger partial charge in [0.25, 0.3) is 0 Å². The Balaban J connectivity index is 1.86. The molecule has 144 valence electrons. The molecule has 0 radical (unpaired) electrons. The molecule has 2 fully saturated rings. The van der Waals surface area contributed by atoms with Crippen LogP contribution in [0.4, 0.5) is 26.3 Å². The summed E-state index contributed by atoms with van der Waals surface area (Å²) in [7, 11) is 0. The van der Waals surface area contributed by atoms with Gasteiger partial charge in [-0.1, -0.05) is 0 Å². The van der Waals surface area contributed by atoms with Gasteiger partial charge < -0.3 is 10.2 Å². The Labute approximate surface area is 146 Å². The second-order valence-electron chi connectivity index (χ2n) is 6.95. The van der Waals surface area contributed by atoms with E-state index in [0.717, 1.165) is 13.0 Å². The van der Waals surface area contributed by atoms with Crippen molar-refractivity contribution in [3.05, 3.63) is 34.9 Å². The van der Waals surface area contributed by atoms with Crippen LogP contribution in [0.15, 0.2) is 18.2 Å². The van der Waals surface area contributed by atoms with Crippen molar-refractivity contribution < 1.29 is 31.1 Å². The predicted molar refractivity (Wildman–Crippen MR) is 81.0 cm³/mol. The van der Waals surface area contributed by atoms with E-state index in [1.807, 2.05) is 0 Å². The van der Waals surface area contributed by atoms with Crippen LogP contribution in [0.3, 0.4) is 0 Å². The molecule has 1 N–H and O–H groups in total. The molecule has 0 aliphatic carbocycles. The normalized spacial score (nSPS) is 24.5. The SMILES string of the molecule is O=C1N(Cc2cc(C(F)(F)F)cc(C(F)(F)F)c2)CCC12CCCNC2. The summed E-state index contributed by atoms with van der Waals surface area (Å²) in [5.74, 6) is -0.198. The van der Waals surface area contributed by atoms with Crippen LogP contribution in [0.5, 0.6) is 0 Å². The summed E-state index contributed by atoms with van der Waals surface area (Å²) >= 11 is 0. The smallest absolute Gasteiger partial charge is 0.338 e. The number of piperidine rings is 1. The number of amides is 1. The molecule has 2 aliphatic rings. The van der Waals surface area contributed by atoms with Gasteiger partial charge in [0.05, 0.1) is 16.5 Å². The van der Waals surface area contributed by atoms with Crippen molar-refractivity contribution in [2.75, 3.05) is 19.6 Å². The molecule has 1 spiro atoms. The molecule has 26 heavy (non-hydrogen) atoms. The maximum Gasteiger partial charge on any atom is 0.416 e. The highest BCUT2D eigenvalue weighted by atomic mass is 19.4. The van der Waals surface area contributed by atoms with E-state index in [0.29, 0.717) is 38.1 Å². The molecular formula is C17H18F6N2O. The van der Waals surface area contributed by atoms with Crippen LogP contribution < -0.4 is 5.32 Å². The molecule has 2 saturated heterocycles. The van der Waals surface area contributed by atoms with Gasteiger partial charge in [-0.25, -0.2) is 0 Å². The van der Waals surface area contributed by atoms with Crippen molar-refractivity contribution in [3.63, 3.8) is 0 Å². The van der Waals surface area contributed by atoms with Crippen molar-refractivity contribution in [1.82, 2.24) is 10.2 Å². The maximum absolute atomic E-state index is 13.0. The number of rotatable bonds is 2. The molecule has 2 heterocycles. The molecule has 3 nitrogen and oxygen atoms in total. The van der Waals surface area contributed by atoms with Crippen LogP contribution in [0.2, 0.25) is 0 Å². The van der Waals surface area contributed by atoms with Crippen molar-refractivity contribution >= 4 is 5.91 Å². The lowest BCUT2D eigenvalue weighted by Crippen LogP contribution is -2.45. The van der Waals surface area contributed by atoms with E-state index < -0.39 is 28.9 Å². The highest BCUT2D eigenvalue weighted by Gasteiger charge is 2.47. The number of halogens is 6. The molecule has 0 saturated carbocycles. The standard InChI is InChI=1S/C17H18F6N2O/c18-16(19,20)12-6-11(7-13(8-12)17(21,22)23)9-25-5-3-15(14(25)26)2-1-4-24-10-15/h6-8,24H,1-5,9-10H2. The minimum atomic E-state index is -4.89. The highest BCUT2D eigenvalue weighted by molar-refractivity contribution is 5.85. The molecule has 0 aromatic heterocycles. The second-order valence-corrected chi connectivity index (χ2v) is 6.95. The van der Waals surface area contributed by atoms with E-state index in [1.165, 1.54) is 4.90 Å². The molecule has 1 atom stereocenters. The van der Waals surface area contributed by atoms with Crippen LogP contribution in [0, 0.1) is 5.41 Å². The molecule has 0 bridgehead atoms. The van der Waals surface area contributed by atoms with Gasteiger partial charge in [0.2, 0.25) is 5.91 Å². The van der Waals surface area contributed by atoms with Gasteiger partial charge in [0.1, 0.15) is 0 Å².